The predicted octanol–water partition coefficient (Wildman–Crippen LogP) is 11.5. The highest BCUT2D eigenvalue weighted by atomic mass is 16.2. The lowest BCUT2D eigenvalue weighted by atomic mass is 9.97. The molecule has 5 heteroatoms. The molecule has 8 aromatic rings. The molecule has 0 saturated carbocycles. The second kappa shape index (κ2) is 13.4. The molecule has 2 heterocycles. The molecule has 1 aromatic heterocycles. The molecule has 0 N–H and O–H groups in total. The minimum absolute atomic E-state index is 0.347. The lowest BCUT2D eigenvalue weighted by Gasteiger charge is -2.18. The summed E-state index contributed by atoms with van der Waals surface area (Å²) in [6.07, 6.45) is 0. The maximum absolute atomic E-state index is 14.7. The molecule has 0 unspecified atom stereocenters. The Balaban J connectivity index is 0.00000190. The van der Waals surface area contributed by atoms with Crippen LogP contribution in [0, 0.1) is 11.3 Å². The molecule has 5 nitrogen and oxygen atoms in total. The van der Waals surface area contributed by atoms with E-state index in [1.807, 2.05) is 141 Å². The zero-order chi connectivity index (χ0) is 35.8. The van der Waals surface area contributed by atoms with Gasteiger partial charge in [-0.1, -0.05) is 117 Å². The van der Waals surface area contributed by atoms with Crippen molar-refractivity contribution in [3.8, 4) is 45.1 Å². The summed E-state index contributed by atoms with van der Waals surface area (Å²) in [5.41, 5.74) is 10.3. The molecule has 7 aromatic carbocycles. The van der Waals surface area contributed by atoms with E-state index in [0.29, 0.717) is 28.1 Å². The van der Waals surface area contributed by atoms with E-state index in [1.165, 1.54) is 4.90 Å². The Morgan fingerprint density at radius 1 is 0.481 bits per heavy atom. The fourth-order valence-electron chi connectivity index (χ4n) is 7.17. The van der Waals surface area contributed by atoms with Gasteiger partial charge in [-0.2, -0.15) is 5.26 Å². The number of amides is 2. The van der Waals surface area contributed by atoms with Crippen LogP contribution in [0.4, 0.5) is 5.69 Å². The largest absolute Gasteiger partial charge is 0.308 e. The number of nitrogens with zero attached hydrogens (tertiary/aromatic N) is 3. The Labute approximate surface area is 302 Å². The van der Waals surface area contributed by atoms with E-state index in [0.717, 1.165) is 55.2 Å². The Morgan fingerprint density at radius 3 is 1.71 bits per heavy atom. The van der Waals surface area contributed by atoms with Crippen molar-refractivity contribution in [3.63, 3.8) is 0 Å². The number of anilines is 1. The molecule has 2 amide bonds. The van der Waals surface area contributed by atoms with Crippen LogP contribution in [0.2, 0.25) is 0 Å². The van der Waals surface area contributed by atoms with Gasteiger partial charge in [-0.05, 0) is 94.0 Å². The van der Waals surface area contributed by atoms with E-state index in [4.69, 9.17) is 0 Å². The lowest BCUT2D eigenvalue weighted by molar-refractivity contribution is 0.0926. The molecule has 0 radical (unpaired) electrons. The monoisotopic (exact) mass is 671 g/mol. The molecule has 1 aliphatic heterocycles. The Bertz CT molecular complexity index is 2630. The summed E-state index contributed by atoms with van der Waals surface area (Å²) >= 11 is 0. The molecule has 9 rings (SSSR count). The van der Waals surface area contributed by atoms with Gasteiger partial charge in [-0.25, -0.2) is 4.90 Å². The zero-order valence-corrected chi connectivity index (χ0v) is 28.7. The van der Waals surface area contributed by atoms with Gasteiger partial charge in [0.05, 0.1) is 45.2 Å². The third-order valence-corrected chi connectivity index (χ3v) is 9.54. The zero-order valence-electron chi connectivity index (χ0n) is 28.7. The maximum Gasteiger partial charge on any atom is 0.268 e. The standard InChI is InChI=1S/C45H27N3O2.C2H6/c46-28-29-18-20-32(21-19-29)33-22-23-41-39(27-33)37-14-7-8-16-40(37)48(41)42-17-9-15-38-43(42)45(50)47(44(38)49)36-25-34(30-10-3-1-4-11-30)24-35(26-36)31-12-5-2-6-13-31;1-2/h1-27H;1-2H3. The van der Waals surface area contributed by atoms with Gasteiger partial charge < -0.3 is 4.57 Å². The van der Waals surface area contributed by atoms with Crippen molar-refractivity contribution in [1.82, 2.24) is 4.57 Å². The number of benzene rings is 7. The minimum atomic E-state index is -0.357. The van der Waals surface area contributed by atoms with Crippen molar-refractivity contribution in [2.45, 2.75) is 13.8 Å². The van der Waals surface area contributed by atoms with Gasteiger partial charge in [0.1, 0.15) is 0 Å². The van der Waals surface area contributed by atoms with Crippen LogP contribution in [0.5, 0.6) is 0 Å². The average Bonchev–Trinajstić information content (AvgIpc) is 3.69. The van der Waals surface area contributed by atoms with Gasteiger partial charge in [0.2, 0.25) is 0 Å². The summed E-state index contributed by atoms with van der Waals surface area (Å²) < 4.78 is 2.09. The van der Waals surface area contributed by atoms with Crippen molar-refractivity contribution in [1.29, 1.82) is 5.26 Å². The highest BCUT2D eigenvalue weighted by molar-refractivity contribution is 6.36. The van der Waals surface area contributed by atoms with Gasteiger partial charge in [-0.15, -0.1) is 0 Å². The highest BCUT2D eigenvalue weighted by Crippen LogP contribution is 2.40. The molecule has 1 aliphatic rings. The summed E-state index contributed by atoms with van der Waals surface area (Å²) in [5, 5.41) is 11.3. The Hall–Kier alpha value is -7.03. The first-order valence-corrected chi connectivity index (χ1v) is 17.4. The van der Waals surface area contributed by atoms with E-state index >= 15 is 0 Å². The van der Waals surface area contributed by atoms with Crippen LogP contribution in [0.1, 0.15) is 40.1 Å². The van der Waals surface area contributed by atoms with Crippen molar-refractivity contribution < 1.29 is 9.59 Å². The average molecular weight is 672 g/mol. The second-order valence-electron chi connectivity index (χ2n) is 12.4. The fourth-order valence-corrected chi connectivity index (χ4v) is 7.17. The van der Waals surface area contributed by atoms with E-state index in [-0.39, 0.29) is 11.8 Å². The third kappa shape index (κ3) is 5.35. The molecule has 0 fully saturated rings. The third-order valence-electron chi connectivity index (χ3n) is 9.54. The summed E-state index contributed by atoms with van der Waals surface area (Å²) in [5.74, 6) is -0.704. The van der Waals surface area contributed by atoms with Crippen molar-refractivity contribution >= 4 is 39.3 Å². The van der Waals surface area contributed by atoms with Crippen LogP contribution in [-0.4, -0.2) is 16.4 Å². The van der Waals surface area contributed by atoms with Gasteiger partial charge in [0.25, 0.3) is 11.8 Å². The summed E-state index contributed by atoms with van der Waals surface area (Å²) in [7, 11) is 0. The molecule has 52 heavy (non-hydrogen) atoms. The van der Waals surface area contributed by atoms with Crippen LogP contribution in [0.3, 0.4) is 0 Å². The quantitative estimate of drug-likeness (QED) is 0.171. The Morgan fingerprint density at radius 2 is 1.06 bits per heavy atom. The van der Waals surface area contributed by atoms with E-state index < -0.39 is 0 Å². The topological polar surface area (TPSA) is 66.1 Å². The van der Waals surface area contributed by atoms with Gasteiger partial charge >= 0.3 is 0 Å². The summed E-state index contributed by atoms with van der Waals surface area (Å²) in [6.45, 7) is 4.00. The number of imide groups is 1. The molecule has 0 atom stereocenters. The van der Waals surface area contributed by atoms with Gasteiger partial charge in [-0.3, -0.25) is 9.59 Å². The number of nitriles is 1. The molecular formula is C47H33N3O2. The molecule has 0 spiro atoms. The highest BCUT2D eigenvalue weighted by Gasteiger charge is 2.39. The molecule has 248 valence electrons. The molecule has 0 aliphatic carbocycles. The van der Waals surface area contributed by atoms with Crippen molar-refractivity contribution in [2.75, 3.05) is 4.90 Å². The van der Waals surface area contributed by atoms with E-state index in [2.05, 4.69) is 41.0 Å². The maximum atomic E-state index is 14.7. The van der Waals surface area contributed by atoms with Gasteiger partial charge in [0.15, 0.2) is 0 Å². The first kappa shape index (κ1) is 32.2. The van der Waals surface area contributed by atoms with Gasteiger partial charge in [0, 0.05) is 10.8 Å². The SMILES string of the molecule is CC.N#Cc1ccc(-c2ccc3c(c2)c2ccccc2n3-c2cccc3c2C(=O)N(c2cc(-c4ccccc4)cc(-c4ccccc4)c2)C3=O)cc1. The normalized spacial score (nSPS) is 12.1. The lowest BCUT2D eigenvalue weighted by Crippen LogP contribution is -2.29. The molecule has 0 bridgehead atoms. The van der Waals surface area contributed by atoms with E-state index in [1.54, 1.807) is 6.07 Å². The van der Waals surface area contributed by atoms with Crippen molar-refractivity contribution in [2.24, 2.45) is 0 Å². The number of hydrogen-bond donors (Lipinski definition) is 0. The van der Waals surface area contributed by atoms with Crippen LogP contribution < -0.4 is 4.90 Å². The van der Waals surface area contributed by atoms with Crippen LogP contribution in [0.25, 0.3) is 60.9 Å². The number of fused-ring (bicyclic) bond motifs is 4. The first-order chi connectivity index (χ1) is 25.6. The summed E-state index contributed by atoms with van der Waals surface area (Å²) in [6, 6.07) is 55.6. The smallest absolute Gasteiger partial charge is 0.268 e. The van der Waals surface area contributed by atoms with Crippen LogP contribution in [-0.2, 0) is 0 Å². The summed E-state index contributed by atoms with van der Waals surface area (Å²) in [4.78, 5) is 30.3. The van der Waals surface area contributed by atoms with Crippen LogP contribution >= 0.6 is 0 Å². The molecular weight excluding hydrogens is 639 g/mol. The minimum Gasteiger partial charge on any atom is -0.308 e. The number of hydrogen-bond acceptors (Lipinski definition) is 3. The second-order valence-corrected chi connectivity index (χ2v) is 12.4. The van der Waals surface area contributed by atoms with Crippen LogP contribution in [0.15, 0.2) is 164 Å². The number of para-hydroxylation sites is 1. The number of rotatable bonds is 5. The number of carbonyl (C=O) groups is 2. The fraction of sp³-hybridized carbons (Fsp3) is 0.0426. The first-order valence-electron chi connectivity index (χ1n) is 17.4. The van der Waals surface area contributed by atoms with E-state index in [9.17, 15) is 14.9 Å². The number of carbonyl (C=O) groups excluding carboxylic acids is 2. The Kier molecular flexibility index (Phi) is 8.27. The predicted molar refractivity (Wildman–Crippen MR) is 211 cm³/mol. The molecule has 0 saturated heterocycles. The number of aromatic nitrogens is 1. The van der Waals surface area contributed by atoms with Crippen molar-refractivity contribution in [3.05, 3.63) is 180 Å².